The van der Waals surface area contributed by atoms with Gasteiger partial charge in [0.25, 0.3) is 0 Å². The van der Waals surface area contributed by atoms with Crippen molar-refractivity contribution in [2.45, 2.75) is 25.4 Å². The average Bonchev–Trinajstić information content (AvgIpc) is 2.56. The standard InChI is InChI=1S/C16H21N5O/c1-22-16-8-15(18-12-19-16)20-14-5-3-7-21(11-14)10-13-4-2-6-17-9-13/h2,4,6,8-9,12,14H,3,5,7,10-11H2,1H3,(H,18,19,20)/t14-/m1/s1. The number of likely N-dealkylation sites (tertiary alicyclic amines) is 1. The summed E-state index contributed by atoms with van der Waals surface area (Å²) in [5.74, 6) is 1.40. The molecule has 2 aromatic heterocycles. The Morgan fingerprint density at radius 3 is 3.18 bits per heavy atom. The first-order valence-corrected chi connectivity index (χ1v) is 7.57. The van der Waals surface area contributed by atoms with E-state index in [-0.39, 0.29) is 0 Å². The fraction of sp³-hybridized carbons (Fsp3) is 0.438. The highest BCUT2D eigenvalue weighted by Crippen LogP contribution is 2.18. The van der Waals surface area contributed by atoms with Crippen molar-refractivity contribution < 1.29 is 4.74 Å². The summed E-state index contributed by atoms with van der Waals surface area (Å²) in [6.07, 6.45) is 7.60. The van der Waals surface area contributed by atoms with Gasteiger partial charge in [0.2, 0.25) is 5.88 Å². The summed E-state index contributed by atoms with van der Waals surface area (Å²) < 4.78 is 5.14. The lowest BCUT2D eigenvalue weighted by molar-refractivity contribution is 0.208. The first-order valence-electron chi connectivity index (χ1n) is 7.57. The summed E-state index contributed by atoms with van der Waals surface area (Å²) in [4.78, 5) is 14.9. The Morgan fingerprint density at radius 2 is 2.36 bits per heavy atom. The van der Waals surface area contributed by atoms with Crippen LogP contribution in [0.25, 0.3) is 0 Å². The van der Waals surface area contributed by atoms with Crippen LogP contribution in [0.5, 0.6) is 5.88 Å². The molecule has 0 aliphatic carbocycles. The summed E-state index contributed by atoms with van der Waals surface area (Å²) in [5.41, 5.74) is 1.26. The molecule has 1 N–H and O–H groups in total. The number of hydrogen-bond donors (Lipinski definition) is 1. The molecule has 6 heteroatoms. The Labute approximate surface area is 130 Å². The van der Waals surface area contributed by atoms with E-state index in [2.05, 4.69) is 31.2 Å². The Hall–Kier alpha value is -2.21. The molecule has 22 heavy (non-hydrogen) atoms. The smallest absolute Gasteiger partial charge is 0.218 e. The van der Waals surface area contributed by atoms with Crippen molar-refractivity contribution in [1.29, 1.82) is 0 Å². The molecule has 0 amide bonds. The van der Waals surface area contributed by atoms with E-state index in [0.29, 0.717) is 11.9 Å². The summed E-state index contributed by atoms with van der Waals surface area (Å²) in [7, 11) is 1.61. The van der Waals surface area contributed by atoms with Gasteiger partial charge in [-0.1, -0.05) is 6.07 Å². The highest BCUT2D eigenvalue weighted by molar-refractivity contribution is 5.38. The van der Waals surface area contributed by atoms with Gasteiger partial charge in [0.05, 0.1) is 7.11 Å². The van der Waals surface area contributed by atoms with Gasteiger partial charge in [-0.25, -0.2) is 9.97 Å². The van der Waals surface area contributed by atoms with Crippen molar-refractivity contribution in [3.8, 4) is 5.88 Å². The maximum absolute atomic E-state index is 5.14. The van der Waals surface area contributed by atoms with Crippen molar-refractivity contribution in [1.82, 2.24) is 19.9 Å². The van der Waals surface area contributed by atoms with E-state index in [4.69, 9.17) is 4.74 Å². The Kier molecular flexibility index (Phi) is 4.80. The molecule has 1 aliphatic heterocycles. The first-order chi connectivity index (χ1) is 10.8. The van der Waals surface area contributed by atoms with Crippen LogP contribution in [-0.4, -0.2) is 46.1 Å². The highest BCUT2D eigenvalue weighted by Gasteiger charge is 2.20. The largest absolute Gasteiger partial charge is 0.481 e. The van der Waals surface area contributed by atoms with Crippen molar-refractivity contribution in [3.05, 3.63) is 42.5 Å². The lowest BCUT2D eigenvalue weighted by atomic mass is 10.1. The predicted octanol–water partition coefficient (Wildman–Crippen LogP) is 1.96. The van der Waals surface area contributed by atoms with Gasteiger partial charge in [0.1, 0.15) is 12.1 Å². The van der Waals surface area contributed by atoms with E-state index in [1.54, 1.807) is 7.11 Å². The lowest BCUT2D eigenvalue weighted by Crippen LogP contribution is -2.41. The Balaban J connectivity index is 1.58. The van der Waals surface area contributed by atoms with Crippen molar-refractivity contribution in [3.63, 3.8) is 0 Å². The minimum atomic E-state index is 0.394. The second-order valence-electron chi connectivity index (χ2n) is 5.53. The van der Waals surface area contributed by atoms with Crippen LogP contribution < -0.4 is 10.1 Å². The van der Waals surface area contributed by atoms with Crippen LogP contribution in [0.3, 0.4) is 0 Å². The van der Waals surface area contributed by atoms with Gasteiger partial charge in [-0.3, -0.25) is 9.88 Å². The van der Waals surface area contributed by atoms with Crippen LogP contribution >= 0.6 is 0 Å². The second kappa shape index (κ2) is 7.17. The molecule has 1 saturated heterocycles. The molecule has 0 unspecified atom stereocenters. The fourth-order valence-corrected chi connectivity index (χ4v) is 2.81. The highest BCUT2D eigenvalue weighted by atomic mass is 16.5. The van der Waals surface area contributed by atoms with Gasteiger partial charge >= 0.3 is 0 Å². The van der Waals surface area contributed by atoms with Crippen LogP contribution in [0, 0.1) is 0 Å². The number of ether oxygens (including phenoxy) is 1. The molecular weight excluding hydrogens is 278 g/mol. The van der Waals surface area contributed by atoms with Crippen LogP contribution in [0.15, 0.2) is 36.9 Å². The van der Waals surface area contributed by atoms with Gasteiger partial charge in [-0.05, 0) is 31.0 Å². The van der Waals surface area contributed by atoms with Crippen LogP contribution in [-0.2, 0) is 6.54 Å². The number of rotatable bonds is 5. The maximum atomic E-state index is 5.14. The van der Waals surface area contributed by atoms with E-state index in [9.17, 15) is 0 Å². The minimum Gasteiger partial charge on any atom is -0.481 e. The molecule has 116 valence electrons. The summed E-state index contributed by atoms with van der Waals surface area (Å²) in [6, 6.07) is 6.34. The Bertz CT molecular complexity index is 592. The molecule has 1 atom stereocenters. The fourth-order valence-electron chi connectivity index (χ4n) is 2.81. The predicted molar refractivity (Wildman–Crippen MR) is 84.7 cm³/mol. The molecule has 0 saturated carbocycles. The van der Waals surface area contributed by atoms with Gasteiger partial charge < -0.3 is 10.1 Å². The molecule has 0 bridgehead atoms. The average molecular weight is 299 g/mol. The van der Waals surface area contributed by atoms with E-state index in [0.717, 1.165) is 31.9 Å². The first kappa shape index (κ1) is 14.7. The number of pyridine rings is 1. The summed E-state index contributed by atoms with van der Waals surface area (Å²) in [5, 5.41) is 3.48. The molecule has 2 aromatic rings. The number of nitrogens with zero attached hydrogens (tertiary/aromatic N) is 4. The SMILES string of the molecule is COc1cc(N[C@@H]2CCCN(Cc3cccnc3)C2)ncn1. The molecule has 1 aliphatic rings. The quantitative estimate of drug-likeness (QED) is 0.910. The Morgan fingerprint density at radius 1 is 1.41 bits per heavy atom. The van der Waals surface area contributed by atoms with Crippen molar-refractivity contribution >= 4 is 5.82 Å². The van der Waals surface area contributed by atoms with E-state index in [1.165, 1.54) is 18.3 Å². The lowest BCUT2D eigenvalue weighted by Gasteiger charge is -2.33. The second-order valence-corrected chi connectivity index (χ2v) is 5.53. The zero-order valence-electron chi connectivity index (χ0n) is 12.8. The minimum absolute atomic E-state index is 0.394. The number of aromatic nitrogens is 3. The van der Waals surface area contributed by atoms with Crippen molar-refractivity contribution in [2.24, 2.45) is 0 Å². The summed E-state index contributed by atoms with van der Waals surface area (Å²) >= 11 is 0. The monoisotopic (exact) mass is 299 g/mol. The third-order valence-electron chi connectivity index (χ3n) is 3.84. The van der Waals surface area contributed by atoms with Crippen LogP contribution in [0.1, 0.15) is 18.4 Å². The van der Waals surface area contributed by atoms with Crippen LogP contribution in [0.2, 0.25) is 0 Å². The topological polar surface area (TPSA) is 63.2 Å². The number of hydrogen-bond acceptors (Lipinski definition) is 6. The third kappa shape index (κ3) is 3.92. The van der Waals surface area contributed by atoms with Crippen LogP contribution in [0.4, 0.5) is 5.82 Å². The molecule has 1 fully saturated rings. The molecule has 0 spiro atoms. The molecule has 0 radical (unpaired) electrons. The number of anilines is 1. The zero-order valence-corrected chi connectivity index (χ0v) is 12.8. The van der Waals surface area contributed by atoms with Crippen molar-refractivity contribution in [2.75, 3.05) is 25.5 Å². The zero-order chi connectivity index (χ0) is 15.2. The third-order valence-corrected chi connectivity index (χ3v) is 3.84. The van der Waals surface area contributed by atoms with E-state index in [1.807, 2.05) is 24.5 Å². The van der Waals surface area contributed by atoms with Gasteiger partial charge in [-0.15, -0.1) is 0 Å². The molecule has 3 heterocycles. The van der Waals surface area contributed by atoms with Gasteiger partial charge in [-0.2, -0.15) is 0 Å². The number of methoxy groups -OCH3 is 1. The molecule has 6 nitrogen and oxygen atoms in total. The normalized spacial score (nSPS) is 18.9. The van der Waals surface area contributed by atoms with Gasteiger partial charge in [0.15, 0.2) is 0 Å². The molecule has 3 rings (SSSR count). The molecule has 0 aromatic carbocycles. The summed E-state index contributed by atoms with van der Waals surface area (Å²) in [6.45, 7) is 3.07. The number of piperidine rings is 1. The van der Waals surface area contributed by atoms with Gasteiger partial charge in [0, 0.05) is 37.6 Å². The molecular formula is C16H21N5O. The van der Waals surface area contributed by atoms with E-state index < -0.39 is 0 Å². The van der Waals surface area contributed by atoms with E-state index >= 15 is 0 Å². The maximum Gasteiger partial charge on any atom is 0.218 e. The number of nitrogens with one attached hydrogen (secondary N) is 1.